The molecule has 0 aromatic carbocycles. The van der Waals surface area contributed by atoms with Crippen molar-refractivity contribution < 1.29 is 48.6 Å². The van der Waals surface area contributed by atoms with Gasteiger partial charge in [-0.05, 0) is 18.8 Å². The summed E-state index contributed by atoms with van der Waals surface area (Å²) < 4.78 is 144. The normalized spacial score (nSPS) is 51.0. The average Bonchev–Trinajstić information content (AvgIpc) is 2.57. The zero-order valence-corrected chi connectivity index (χ0v) is 15.9. The van der Waals surface area contributed by atoms with Gasteiger partial charge in [0.15, 0.2) is 6.17 Å². The lowest BCUT2D eigenvalue weighted by molar-refractivity contribution is -0.323. The third kappa shape index (κ3) is 4.85. The molecule has 6 unspecified atom stereocenters. The van der Waals surface area contributed by atoms with Crippen LogP contribution in [0.5, 0.6) is 0 Å². The van der Waals surface area contributed by atoms with Gasteiger partial charge in [0, 0.05) is 31.6 Å². The Balaban J connectivity index is 1.66. The maximum absolute atomic E-state index is 14.6. The van der Waals surface area contributed by atoms with Gasteiger partial charge in [0.1, 0.15) is 49.1 Å². The maximum atomic E-state index is 14.6. The van der Waals surface area contributed by atoms with E-state index in [-0.39, 0.29) is 0 Å². The summed E-state index contributed by atoms with van der Waals surface area (Å²) in [5, 5.41) is 0. The molecule has 3 aliphatic rings. The van der Waals surface area contributed by atoms with Crippen LogP contribution in [0.25, 0.3) is 0 Å². The smallest absolute Gasteiger partial charge is 0.317 e. The predicted molar refractivity (Wildman–Crippen MR) is 87.2 cm³/mol. The fourth-order valence-electron chi connectivity index (χ4n) is 5.13. The van der Waals surface area contributed by atoms with E-state index in [0.717, 1.165) is 0 Å². The Morgan fingerprint density at radius 3 is 1.50 bits per heavy atom. The summed E-state index contributed by atoms with van der Waals surface area (Å²) in [6.07, 6.45) is -28.9. The van der Waals surface area contributed by atoms with Gasteiger partial charge in [-0.15, -0.1) is 0 Å². The van der Waals surface area contributed by atoms with E-state index in [0.29, 0.717) is 0 Å². The Morgan fingerprint density at radius 2 is 1.03 bits per heavy atom. The molecule has 11 heteroatoms. The van der Waals surface area contributed by atoms with E-state index in [2.05, 4.69) is 4.74 Å². The van der Waals surface area contributed by atoms with Crippen molar-refractivity contribution >= 4 is 0 Å². The lowest BCUT2D eigenvalue weighted by Crippen LogP contribution is -2.53. The molecule has 0 aromatic rings. The summed E-state index contributed by atoms with van der Waals surface area (Å²) in [5.74, 6) is -5.38. The van der Waals surface area contributed by atoms with Crippen LogP contribution in [0.4, 0.5) is 43.9 Å². The Labute approximate surface area is 167 Å². The van der Waals surface area contributed by atoms with E-state index in [1.165, 1.54) is 0 Å². The van der Waals surface area contributed by atoms with Gasteiger partial charge in [-0.25, -0.2) is 35.1 Å². The van der Waals surface area contributed by atoms with E-state index in [4.69, 9.17) is 0 Å². The topological polar surface area (TPSA) is 9.23 Å². The van der Waals surface area contributed by atoms with Crippen molar-refractivity contribution in [2.45, 2.75) is 100 Å². The van der Waals surface area contributed by atoms with Gasteiger partial charge < -0.3 is 4.74 Å². The van der Waals surface area contributed by atoms with Crippen molar-refractivity contribution in [2.24, 2.45) is 17.8 Å². The molecule has 0 aromatic heterocycles. The van der Waals surface area contributed by atoms with E-state index in [1.807, 2.05) is 0 Å². The zero-order chi connectivity index (χ0) is 22.4. The van der Waals surface area contributed by atoms with Crippen molar-refractivity contribution in [3.8, 4) is 0 Å². The van der Waals surface area contributed by atoms with Gasteiger partial charge in [-0.1, -0.05) is 0 Å². The standard InChI is InChI=1S/C19H24F10O/c20-8-3-10(21)16(11(22)4-8)7-1-12(23)17(13(24)2-7)19(28,29)30-9-5-14(25)18(27)15(26)6-9/h7-18H,1-6H2. The molecule has 30 heavy (non-hydrogen) atoms. The molecule has 0 radical (unpaired) electrons. The lowest BCUT2D eigenvalue weighted by Gasteiger charge is -2.44. The molecule has 3 rings (SSSR count). The third-order valence-electron chi connectivity index (χ3n) is 6.56. The molecule has 0 aliphatic heterocycles. The molecule has 0 heterocycles. The van der Waals surface area contributed by atoms with Crippen LogP contribution >= 0.6 is 0 Å². The Bertz CT molecular complexity index is 544. The average molecular weight is 458 g/mol. The molecule has 0 saturated heterocycles. The number of alkyl halides is 10. The highest BCUT2D eigenvalue weighted by atomic mass is 19.3. The second-order valence-corrected chi connectivity index (χ2v) is 8.72. The minimum absolute atomic E-state index is 0.621. The highest BCUT2D eigenvalue weighted by Gasteiger charge is 2.58. The molecule has 1 nitrogen and oxygen atoms in total. The summed E-state index contributed by atoms with van der Waals surface area (Å²) in [6.45, 7) is 0. The van der Waals surface area contributed by atoms with E-state index in [1.54, 1.807) is 0 Å². The molecule has 0 amide bonds. The second-order valence-electron chi connectivity index (χ2n) is 8.72. The quantitative estimate of drug-likeness (QED) is 0.477. The monoisotopic (exact) mass is 458 g/mol. The number of hydrogen-bond acceptors (Lipinski definition) is 1. The molecule has 0 bridgehead atoms. The largest absolute Gasteiger partial charge is 0.364 e. The van der Waals surface area contributed by atoms with E-state index in [9.17, 15) is 43.9 Å². The Hall–Kier alpha value is -0.740. The number of halogens is 10. The van der Waals surface area contributed by atoms with Crippen LogP contribution in [0.2, 0.25) is 0 Å². The summed E-state index contributed by atoms with van der Waals surface area (Å²) in [4.78, 5) is 0. The van der Waals surface area contributed by atoms with E-state index >= 15 is 0 Å². The Kier molecular flexibility index (Phi) is 7.19. The van der Waals surface area contributed by atoms with Crippen molar-refractivity contribution in [3.63, 3.8) is 0 Å². The number of hydrogen-bond donors (Lipinski definition) is 0. The van der Waals surface area contributed by atoms with Crippen LogP contribution in [0.3, 0.4) is 0 Å². The van der Waals surface area contributed by atoms with Gasteiger partial charge in [-0.3, -0.25) is 0 Å². The summed E-state index contributed by atoms with van der Waals surface area (Å²) in [6, 6.07) is 0. The number of rotatable bonds is 4. The van der Waals surface area contributed by atoms with Crippen LogP contribution < -0.4 is 0 Å². The fraction of sp³-hybridized carbons (Fsp3) is 1.00. The van der Waals surface area contributed by atoms with Gasteiger partial charge in [0.25, 0.3) is 0 Å². The SMILES string of the molecule is FC1CC(F)C(C2CC(F)C(C(F)(F)OC3CC(F)C(F)C(F)C3)C(F)C2)C(F)C1. The van der Waals surface area contributed by atoms with Crippen molar-refractivity contribution in [1.29, 1.82) is 0 Å². The van der Waals surface area contributed by atoms with Crippen LogP contribution in [-0.2, 0) is 4.74 Å². The number of ether oxygens (including phenoxy) is 1. The molecule has 6 atom stereocenters. The summed E-state index contributed by atoms with van der Waals surface area (Å²) in [5.41, 5.74) is 0. The molecule has 3 fully saturated rings. The lowest BCUT2D eigenvalue weighted by atomic mass is 9.67. The minimum Gasteiger partial charge on any atom is -0.317 e. The Morgan fingerprint density at radius 1 is 0.567 bits per heavy atom. The zero-order valence-electron chi connectivity index (χ0n) is 15.9. The molecule has 0 spiro atoms. The van der Waals surface area contributed by atoms with Gasteiger partial charge in [0.2, 0.25) is 0 Å². The van der Waals surface area contributed by atoms with Crippen LogP contribution in [0, 0.1) is 17.8 Å². The first-order chi connectivity index (χ1) is 13.9. The molecule has 0 N–H and O–H groups in total. The van der Waals surface area contributed by atoms with Crippen molar-refractivity contribution in [3.05, 3.63) is 0 Å². The molecule has 176 valence electrons. The molecular weight excluding hydrogens is 434 g/mol. The van der Waals surface area contributed by atoms with Crippen LogP contribution in [-0.4, -0.2) is 61.6 Å². The third-order valence-corrected chi connectivity index (χ3v) is 6.56. The molecular formula is C19H24F10O. The van der Waals surface area contributed by atoms with Crippen molar-refractivity contribution in [2.75, 3.05) is 0 Å². The van der Waals surface area contributed by atoms with Crippen LogP contribution in [0.1, 0.15) is 38.5 Å². The first kappa shape index (κ1) is 23.9. The highest BCUT2D eigenvalue weighted by molar-refractivity contribution is 4.99. The summed E-state index contributed by atoms with van der Waals surface area (Å²) in [7, 11) is 0. The van der Waals surface area contributed by atoms with Crippen molar-refractivity contribution in [1.82, 2.24) is 0 Å². The molecule has 3 aliphatic carbocycles. The van der Waals surface area contributed by atoms with Crippen LogP contribution in [0.15, 0.2) is 0 Å². The highest BCUT2D eigenvalue weighted by Crippen LogP contribution is 2.49. The fourth-order valence-corrected chi connectivity index (χ4v) is 5.13. The maximum Gasteiger partial charge on any atom is 0.364 e. The molecule has 3 saturated carbocycles. The minimum atomic E-state index is -4.46. The summed E-state index contributed by atoms with van der Waals surface area (Å²) >= 11 is 0. The predicted octanol–water partition coefficient (Wildman–Crippen LogP) is 5.90. The van der Waals surface area contributed by atoms with Gasteiger partial charge >= 0.3 is 6.11 Å². The second kappa shape index (κ2) is 9.02. The first-order valence-corrected chi connectivity index (χ1v) is 10.1. The van der Waals surface area contributed by atoms with Gasteiger partial charge in [-0.2, -0.15) is 8.78 Å². The first-order valence-electron chi connectivity index (χ1n) is 10.1. The van der Waals surface area contributed by atoms with E-state index < -0.39 is 118 Å². The van der Waals surface area contributed by atoms with Gasteiger partial charge in [0.05, 0.1) is 6.10 Å².